The molecule has 342 valence electrons. The highest BCUT2D eigenvalue weighted by Gasteiger charge is 2.19. The summed E-state index contributed by atoms with van der Waals surface area (Å²) in [5, 5.41) is 4.83. The maximum absolute atomic E-state index is 4.28. The molecule has 3 nitrogen and oxygen atoms in total. The average Bonchev–Trinajstić information content (AvgIpc) is 3.43. The molecular formula is C68H55N3. The van der Waals surface area contributed by atoms with Crippen LogP contribution in [0.1, 0.15) is 23.6 Å². The van der Waals surface area contributed by atoms with E-state index in [0.29, 0.717) is 0 Å². The minimum atomic E-state index is 0.970. The van der Waals surface area contributed by atoms with Gasteiger partial charge >= 0.3 is 0 Å². The van der Waals surface area contributed by atoms with Crippen molar-refractivity contribution in [2.75, 3.05) is 14.7 Å². The molecule has 0 aliphatic rings. The first kappa shape index (κ1) is 45.6. The molecule has 3 heteroatoms. The van der Waals surface area contributed by atoms with Gasteiger partial charge in [0.15, 0.2) is 0 Å². The Morgan fingerprint density at radius 3 is 1.61 bits per heavy atom. The number of nitrogens with zero attached hydrogens (tertiary/aromatic N) is 3. The van der Waals surface area contributed by atoms with Crippen LogP contribution in [0.3, 0.4) is 0 Å². The summed E-state index contributed by atoms with van der Waals surface area (Å²) in [5.41, 5.74) is 16.6. The van der Waals surface area contributed by atoms with E-state index in [1.165, 1.54) is 27.1 Å². The lowest BCUT2D eigenvalue weighted by molar-refractivity contribution is 1.18. The van der Waals surface area contributed by atoms with Crippen molar-refractivity contribution in [3.8, 4) is 11.1 Å². The number of para-hydroxylation sites is 2. The summed E-state index contributed by atoms with van der Waals surface area (Å²) in [6.07, 6.45) is 12.2. The Morgan fingerprint density at radius 1 is 0.423 bits per heavy atom. The molecule has 0 atom stereocenters. The summed E-state index contributed by atoms with van der Waals surface area (Å²) in [7, 11) is 0. The van der Waals surface area contributed by atoms with Gasteiger partial charge in [0, 0.05) is 50.9 Å². The van der Waals surface area contributed by atoms with Crippen molar-refractivity contribution in [1.29, 1.82) is 0 Å². The molecule has 0 spiro atoms. The predicted molar refractivity (Wildman–Crippen MR) is 307 cm³/mol. The first-order chi connectivity index (χ1) is 35.0. The van der Waals surface area contributed by atoms with Crippen LogP contribution in [-0.4, -0.2) is 0 Å². The molecule has 0 aliphatic carbocycles. The van der Waals surface area contributed by atoms with Crippen LogP contribution in [-0.2, 0) is 0 Å². The summed E-state index contributed by atoms with van der Waals surface area (Å²) in [6, 6.07) is 84.6. The Kier molecular flexibility index (Phi) is 13.5. The third-order valence-electron chi connectivity index (χ3n) is 13.2. The average molecular weight is 914 g/mol. The summed E-state index contributed by atoms with van der Waals surface area (Å²) in [4.78, 5) is 6.97. The van der Waals surface area contributed by atoms with E-state index in [0.717, 1.165) is 79.0 Å². The Hall–Kier alpha value is -9.18. The lowest BCUT2D eigenvalue weighted by Crippen LogP contribution is -2.16. The maximum Gasteiger partial charge on any atom is 0.0540 e. The van der Waals surface area contributed by atoms with Crippen LogP contribution in [0.25, 0.3) is 44.3 Å². The fraction of sp³-hybridized carbons (Fsp3) is 0.0294. The predicted octanol–water partition coefficient (Wildman–Crippen LogP) is 19.4. The molecule has 0 radical (unpaired) electrons. The van der Waals surface area contributed by atoms with Crippen molar-refractivity contribution in [1.82, 2.24) is 0 Å². The molecule has 71 heavy (non-hydrogen) atoms. The lowest BCUT2D eigenvalue weighted by Gasteiger charge is -2.28. The fourth-order valence-corrected chi connectivity index (χ4v) is 9.43. The molecule has 0 heterocycles. The van der Waals surface area contributed by atoms with E-state index in [-0.39, 0.29) is 0 Å². The van der Waals surface area contributed by atoms with Crippen LogP contribution < -0.4 is 14.7 Å². The first-order valence-corrected chi connectivity index (χ1v) is 24.1. The standard InChI is InChI=1S/C68H55N3/c1-5-7-20-53-24-18-31-67(51(53)4)70(60-26-10-8-11-27-60)59(6-2)41-33-50(3)52-34-42-62(43-35-52)69(65-48-40-54-21-14-15-23-58(54)49-65)63-44-36-55(37-45-63)56-38-46-64(47-39-56)71(61-28-12-9-13-29-61)68-32-19-25-57-22-16-17-30-66(57)68/h5-49H,1-2H2,3-4H3/b20-7-,50-33+,59-41+. The lowest BCUT2D eigenvalue weighted by atomic mass is 10.0. The second-order valence-electron chi connectivity index (χ2n) is 17.6. The summed E-state index contributed by atoms with van der Waals surface area (Å²) < 4.78 is 0. The van der Waals surface area contributed by atoms with Crippen molar-refractivity contribution < 1.29 is 0 Å². The SMILES string of the molecule is C=C/C=C\c1cccc(N(/C(C=C)=C/C=C(\C)c2ccc(N(c3ccc(-c4ccc(N(c5ccccc5)c5cccc6ccccc56)cc4)cc3)c3ccc4ccccc4c3)cc2)c2ccccc2)c1C. The van der Waals surface area contributed by atoms with E-state index in [1.807, 2.05) is 24.3 Å². The zero-order chi connectivity index (χ0) is 48.5. The van der Waals surface area contributed by atoms with E-state index < -0.39 is 0 Å². The van der Waals surface area contributed by atoms with Gasteiger partial charge < -0.3 is 14.7 Å². The minimum Gasteiger partial charge on any atom is -0.310 e. The van der Waals surface area contributed by atoms with Gasteiger partial charge in [-0.3, -0.25) is 0 Å². The van der Waals surface area contributed by atoms with Gasteiger partial charge in [-0.15, -0.1) is 0 Å². The number of hydrogen-bond acceptors (Lipinski definition) is 3. The van der Waals surface area contributed by atoms with Crippen molar-refractivity contribution in [3.05, 3.63) is 303 Å². The van der Waals surface area contributed by atoms with E-state index in [2.05, 4.69) is 290 Å². The molecule has 0 amide bonds. The molecule has 0 unspecified atom stereocenters. The van der Waals surface area contributed by atoms with Gasteiger partial charge in [0.2, 0.25) is 0 Å². The largest absolute Gasteiger partial charge is 0.310 e. The van der Waals surface area contributed by atoms with Gasteiger partial charge in [0.25, 0.3) is 0 Å². The molecule has 0 fully saturated rings. The third kappa shape index (κ3) is 9.76. The molecule has 0 saturated carbocycles. The zero-order valence-corrected chi connectivity index (χ0v) is 40.2. The van der Waals surface area contributed by atoms with Crippen LogP contribution in [0.15, 0.2) is 286 Å². The molecule has 0 aromatic heterocycles. The highest BCUT2D eigenvalue weighted by molar-refractivity contribution is 5.99. The van der Waals surface area contributed by atoms with Crippen LogP contribution in [0.4, 0.5) is 45.5 Å². The highest BCUT2D eigenvalue weighted by Crippen LogP contribution is 2.41. The third-order valence-corrected chi connectivity index (χ3v) is 13.2. The second kappa shape index (κ2) is 21.0. The van der Waals surface area contributed by atoms with E-state index in [9.17, 15) is 0 Å². The van der Waals surface area contributed by atoms with Crippen LogP contribution in [0.5, 0.6) is 0 Å². The Labute approximate surface area is 418 Å². The van der Waals surface area contributed by atoms with Crippen LogP contribution in [0.2, 0.25) is 0 Å². The molecule has 0 saturated heterocycles. The molecule has 10 aromatic carbocycles. The number of fused-ring (bicyclic) bond motifs is 2. The fourth-order valence-electron chi connectivity index (χ4n) is 9.43. The van der Waals surface area contributed by atoms with Gasteiger partial charge in [0.05, 0.1) is 5.69 Å². The second-order valence-corrected chi connectivity index (χ2v) is 17.6. The number of allylic oxidation sites excluding steroid dienone is 6. The molecular weight excluding hydrogens is 859 g/mol. The monoisotopic (exact) mass is 913 g/mol. The number of anilines is 8. The first-order valence-electron chi connectivity index (χ1n) is 24.1. The summed E-state index contributed by atoms with van der Waals surface area (Å²) >= 11 is 0. The number of benzene rings is 10. The van der Waals surface area contributed by atoms with E-state index in [1.54, 1.807) is 0 Å². The van der Waals surface area contributed by atoms with Gasteiger partial charge in [-0.1, -0.05) is 189 Å². The molecule has 10 rings (SSSR count). The Morgan fingerprint density at radius 2 is 0.944 bits per heavy atom. The van der Waals surface area contributed by atoms with Crippen molar-refractivity contribution in [3.63, 3.8) is 0 Å². The van der Waals surface area contributed by atoms with Crippen LogP contribution in [0, 0.1) is 6.92 Å². The van der Waals surface area contributed by atoms with Crippen molar-refractivity contribution >= 4 is 78.7 Å². The topological polar surface area (TPSA) is 9.72 Å². The van der Waals surface area contributed by atoms with Gasteiger partial charge in [0.1, 0.15) is 0 Å². The number of hydrogen-bond donors (Lipinski definition) is 0. The highest BCUT2D eigenvalue weighted by atomic mass is 15.2. The van der Waals surface area contributed by atoms with Gasteiger partial charge in [-0.2, -0.15) is 0 Å². The number of rotatable bonds is 15. The summed E-state index contributed by atoms with van der Waals surface area (Å²) in [5.74, 6) is 0. The van der Waals surface area contributed by atoms with E-state index in [4.69, 9.17) is 0 Å². The minimum absolute atomic E-state index is 0.970. The quantitative estimate of drug-likeness (QED) is 0.0949. The van der Waals surface area contributed by atoms with Crippen LogP contribution >= 0.6 is 0 Å². The smallest absolute Gasteiger partial charge is 0.0540 e. The maximum atomic E-state index is 4.28. The van der Waals surface area contributed by atoms with Crippen molar-refractivity contribution in [2.45, 2.75) is 13.8 Å². The molecule has 10 aromatic rings. The molecule has 0 bridgehead atoms. The molecule has 0 N–H and O–H groups in total. The van der Waals surface area contributed by atoms with Gasteiger partial charge in [-0.25, -0.2) is 0 Å². The Balaban J connectivity index is 0.959. The van der Waals surface area contributed by atoms with Crippen molar-refractivity contribution in [2.24, 2.45) is 0 Å². The Bertz CT molecular complexity index is 3560. The zero-order valence-electron chi connectivity index (χ0n) is 40.2. The normalized spacial score (nSPS) is 11.7. The summed E-state index contributed by atoms with van der Waals surface area (Å²) in [6.45, 7) is 12.5. The van der Waals surface area contributed by atoms with E-state index >= 15 is 0 Å². The van der Waals surface area contributed by atoms with Gasteiger partial charge in [-0.05, 0) is 160 Å². The molecule has 0 aliphatic heterocycles.